The molecule has 0 fully saturated rings. The standard InChI is InChI=1S/C12H10ClFN4/c1-3-9(5-4-8(2)14)18-12-10(6-17-18)11(13)15-7-16-12/h3-7H,1H2,2H3/b8-4+,9-5+. The maximum atomic E-state index is 12.7. The highest BCUT2D eigenvalue weighted by atomic mass is 35.5. The SMILES string of the molecule is C=C/C(=C\C=C(/C)F)n1ncc2c(Cl)ncnc21. The summed E-state index contributed by atoms with van der Waals surface area (Å²) in [5.74, 6) is -0.307. The summed E-state index contributed by atoms with van der Waals surface area (Å²) in [6.07, 6.45) is 7.35. The Kier molecular flexibility index (Phi) is 3.53. The average Bonchev–Trinajstić information content (AvgIpc) is 2.75. The van der Waals surface area contributed by atoms with Crippen LogP contribution in [-0.4, -0.2) is 19.7 Å². The molecule has 0 unspecified atom stereocenters. The largest absolute Gasteiger partial charge is 0.224 e. The predicted octanol–water partition coefficient (Wildman–Crippen LogP) is 3.38. The molecule has 0 radical (unpaired) electrons. The molecule has 0 aliphatic heterocycles. The van der Waals surface area contributed by atoms with Crippen molar-refractivity contribution in [3.8, 4) is 0 Å². The van der Waals surface area contributed by atoms with Gasteiger partial charge in [-0.1, -0.05) is 18.2 Å². The van der Waals surface area contributed by atoms with Crippen molar-refractivity contribution >= 4 is 28.3 Å². The summed E-state index contributed by atoms with van der Waals surface area (Å²) in [5.41, 5.74) is 1.14. The molecule has 92 valence electrons. The molecule has 0 aromatic carbocycles. The number of allylic oxidation sites excluding steroid dienone is 5. The Labute approximate surface area is 108 Å². The Balaban J connectivity index is 2.60. The first-order valence-electron chi connectivity index (χ1n) is 5.14. The first kappa shape index (κ1) is 12.4. The highest BCUT2D eigenvalue weighted by Crippen LogP contribution is 2.21. The van der Waals surface area contributed by atoms with E-state index >= 15 is 0 Å². The Bertz CT molecular complexity index is 653. The van der Waals surface area contributed by atoms with Gasteiger partial charge in [-0.2, -0.15) is 5.10 Å². The number of hydrogen-bond acceptors (Lipinski definition) is 3. The fourth-order valence-corrected chi connectivity index (χ4v) is 1.61. The van der Waals surface area contributed by atoms with Crippen molar-refractivity contribution in [1.82, 2.24) is 19.7 Å². The minimum Gasteiger partial charge on any atom is -0.224 e. The van der Waals surface area contributed by atoms with E-state index < -0.39 is 0 Å². The molecule has 0 N–H and O–H groups in total. The number of nitrogens with zero attached hydrogens (tertiary/aromatic N) is 4. The third-order valence-corrected chi connectivity index (χ3v) is 2.56. The molecule has 0 amide bonds. The lowest BCUT2D eigenvalue weighted by molar-refractivity contribution is 0.640. The molecule has 0 aliphatic rings. The van der Waals surface area contributed by atoms with E-state index in [1.807, 2.05) is 0 Å². The molecular formula is C12H10ClFN4. The van der Waals surface area contributed by atoms with Crippen LogP contribution < -0.4 is 0 Å². The fourth-order valence-electron chi connectivity index (χ4n) is 1.43. The molecule has 0 saturated heterocycles. The minimum atomic E-state index is -0.307. The van der Waals surface area contributed by atoms with Gasteiger partial charge in [-0.25, -0.2) is 19.0 Å². The zero-order valence-corrected chi connectivity index (χ0v) is 10.4. The molecule has 0 bridgehead atoms. The minimum absolute atomic E-state index is 0.307. The lowest BCUT2D eigenvalue weighted by Crippen LogP contribution is -1.98. The zero-order valence-electron chi connectivity index (χ0n) is 9.64. The van der Waals surface area contributed by atoms with Crippen molar-refractivity contribution in [3.05, 3.63) is 48.3 Å². The molecule has 0 atom stereocenters. The van der Waals surface area contributed by atoms with Gasteiger partial charge in [-0.05, 0) is 25.2 Å². The Morgan fingerprint density at radius 1 is 1.44 bits per heavy atom. The molecule has 2 aromatic heterocycles. The van der Waals surface area contributed by atoms with Crippen molar-refractivity contribution in [2.75, 3.05) is 0 Å². The average molecular weight is 265 g/mol. The van der Waals surface area contributed by atoms with Crippen molar-refractivity contribution < 1.29 is 4.39 Å². The molecule has 6 heteroatoms. The number of hydrogen-bond donors (Lipinski definition) is 0. The van der Waals surface area contributed by atoms with E-state index in [0.717, 1.165) is 0 Å². The summed E-state index contributed by atoms with van der Waals surface area (Å²) in [4.78, 5) is 7.96. The number of aromatic nitrogens is 4. The smallest absolute Gasteiger partial charge is 0.167 e. The molecule has 4 nitrogen and oxygen atoms in total. The van der Waals surface area contributed by atoms with Crippen LogP contribution in [0, 0.1) is 0 Å². The van der Waals surface area contributed by atoms with Gasteiger partial charge in [0.1, 0.15) is 11.5 Å². The summed E-state index contributed by atoms with van der Waals surface area (Å²) in [5, 5.41) is 5.10. The van der Waals surface area contributed by atoms with Crippen LogP contribution >= 0.6 is 11.6 Å². The molecule has 0 spiro atoms. The van der Waals surface area contributed by atoms with E-state index in [1.165, 1.54) is 24.0 Å². The normalized spacial score (nSPS) is 13.1. The monoisotopic (exact) mass is 264 g/mol. The van der Waals surface area contributed by atoms with Gasteiger partial charge in [-0.3, -0.25) is 0 Å². The maximum Gasteiger partial charge on any atom is 0.167 e. The topological polar surface area (TPSA) is 43.6 Å². The molecule has 0 saturated carbocycles. The van der Waals surface area contributed by atoms with Crippen molar-refractivity contribution in [3.63, 3.8) is 0 Å². The highest BCUT2D eigenvalue weighted by Gasteiger charge is 2.09. The van der Waals surface area contributed by atoms with E-state index in [9.17, 15) is 4.39 Å². The van der Waals surface area contributed by atoms with Crippen molar-refractivity contribution in [1.29, 1.82) is 0 Å². The van der Waals surface area contributed by atoms with Gasteiger partial charge >= 0.3 is 0 Å². The summed E-state index contributed by atoms with van der Waals surface area (Å²) >= 11 is 5.92. The van der Waals surface area contributed by atoms with Crippen LogP contribution in [0.15, 0.2) is 43.2 Å². The van der Waals surface area contributed by atoms with Gasteiger partial charge in [0.25, 0.3) is 0 Å². The maximum absolute atomic E-state index is 12.7. The molecule has 2 rings (SSSR count). The second-order valence-electron chi connectivity index (χ2n) is 3.51. The molecule has 2 aromatic rings. The first-order valence-corrected chi connectivity index (χ1v) is 5.52. The summed E-state index contributed by atoms with van der Waals surface area (Å²) in [6, 6.07) is 0. The van der Waals surface area contributed by atoms with Crippen molar-refractivity contribution in [2.45, 2.75) is 6.92 Å². The van der Waals surface area contributed by atoms with Gasteiger partial charge in [0.2, 0.25) is 0 Å². The van der Waals surface area contributed by atoms with Gasteiger partial charge in [0, 0.05) is 0 Å². The van der Waals surface area contributed by atoms with E-state index in [-0.39, 0.29) is 5.83 Å². The van der Waals surface area contributed by atoms with Crippen LogP contribution in [0.4, 0.5) is 4.39 Å². The third-order valence-electron chi connectivity index (χ3n) is 2.25. The van der Waals surface area contributed by atoms with Crippen LogP contribution in [0.5, 0.6) is 0 Å². The van der Waals surface area contributed by atoms with E-state index in [4.69, 9.17) is 11.6 Å². The van der Waals surface area contributed by atoms with Crippen molar-refractivity contribution in [2.24, 2.45) is 0 Å². The summed E-state index contributed by atoms with van der Waals surface area (Å²) < 4.78 is 14.2. The number of rotatable bonds is 3. The summed E-state index contributed by atoms with van der Waals surface area (Å²) in [6.45, 7) is 5.03. The van der Waals surface area contributed by atoms with Crippen LogP contribution in [0.2, 0.25) is 5.15 Å². The molecular weight excluding hydrogens is 255 g/mol. The molecule has 2 heterocycles. The highest BCUT2D eigenvalue weighted by molar-refractivity contribution is 6.33. The fraction of sp³-hybridized carbons (Fsp3) is 0.0833. The van der Waals surface area contributed by atoms with E-state index in [1.54, 1.807) is 18.3 Å². The predicted molar refractivity (Wildman–Crippen MR) is 69.7 cm³/mol. The van der Waals surface area contributed by atoms with Gasteiger partial charge in [0.15, 0.2) is 5.65 Å². The lowest BCUT2D eigenvalue weighted by atomic mass is 10.3. The van der Waals surface area contributed by atoms with Crippen LogP contribution in [-0.2, 0) is 0 Å². The second kappa shape index (κ2) is 5.10. The van der Waals surface area contributed by atoms with E-state index in [0.29, 0.717) is 21.9 Å². The third kappa shape index (κ3) is 2.31. The lowest BCUT2D eigenvalue weighted by Gasteiger charge is -2.02. The zero-order chi connectivity index (χ0) is 13.1. The number of fused-ring (bicyclic) bond motifs is 1. The first-order chi connectivity index (χ1) is 8.63. The van der Waals surface area contributed by atoms with Gasteiger partial charge in [-0.15, -0.1) is 0 Å². The Morgan fingerprint density at radius 2 is 2.22 bits per heavy atom. The number of halogens is 2. The summed E-state index contributed by atoms with van der Waals surface area (Å²) in [7, 11) is 0. The van der Waals surface area contributed by atoms with Crippen LogP contribution in [0.1, 0.15) is 6.92 Å². The van der Waals surface area contributed by atoms with Crippen LogP contribution in [0.3, 0.4) is 0 Å². The van der Waals surface area contributed by atoms with Gasteiger partial charge < -0.3 is 0 Å². The quantitative estimate of drug-likeness (QED) is 0.630. The Hall–Kier alpha value is -2.01. The van der Waals surface area contributed by atoms with Crippen LogP contribution in [0.25, 0.3) is 16.7 Å². The van der Waals surface area contributed by atoms with Gasteiger partial charge in [0.05, 0.1) is 23.1 Å². The molecule has 0 aliphatic carbocycles. The Morgan fingerprint density at radius 3 is 2.89 bits per heavy atom. The van der Waals surface area contributed by atoms with E-state index in [2.05, 4.69) is 21.6 Å². The second-order valence-corrected chi connectivity index (χ2v) is 3.87. The molecule has 18 heavy (non-hydrogen) atoms.